The molecular weight excluding hydrogens is 374 g/mol. The van der Waals surface area contributed by atoms with Crippen LogP contribution in [0.15, 0.2) is 53.4 Å². The van der Waals surface area contributed by atoms with Crippen molar-refractivity contribution in [1.29, 1.82) is 0 Å². The van der Waals surface area contributed by atoms with Gasteiger partial charge in [-0.05, 0) is 55.3 Å². The van der Waals surface area contributed by atoms with Crippen molar-refractivity contribution in [2.24, 2.45) is 0 Å². The van der Waals surface area contributed by atoms with Gasteiger partial charge in [-0.15, -0.1) is 0 Å². The predicted octanol–water partition coefficient (Wildman–Crippen LogP) is 3.78. The second-order valence-corrected chi connectivity index (χ2v) is 8.49. The Morgan fingerprint density at radius 3 is 2.19 bits per heavy atom. The van der Waals surface area contributed by atoms with E-state index in [0.29, 0.717) is 17.2 Å². The lowest BCUT2D eigenvalue weighted by Gasteiger charge is -2.21. The second-order valence-electron chi connectivity index (χ2n) is 6.04. The van der Waals surface area contributed by atoms with Crippen LogP contribution in [0.1, 0.15) is 31.9 Å². The molecule has 5 nitrogen and oxygen atoms in total. The van der Waals surface area contributed by atoms with E-state index in [1.807, 2.05) is 13.8 Å². The van der Waals surface area contributed by atoms with Gasteiger partial charge in [-0.25, -0.2) is 8.42 Å². The van der Waals surface area contributed by atoms with E-state index in [4.69, 9.17) is 16.3 Å². The number of benzene rings is 2. The summed E-state index contributed by atoms with van der Waals surface area (Å²) in [5, 5.41) is 3.50. The first-order valence-corrected chi connectivity index (χ1v) is 10.5. The zero-order valence-corrected chi connectivity index (χ0v) is 16.5. The maximum atomic E-state index is 12.5. The zero-order chi connectivity index (χ0) is 19.3. The molecule has 2 aromatic carbocycles. The Bertz CT molecular complexity index is 848. The third-order valence-electron chi connectivity index (χ3n) is 3.92. The Kier molecular flexibility index (Phi) is 6.67. The number of ether oxygens (including phenoxy) is 1. The van der Waals surface area contributed by atoms with E-state index in [9.17, 15) is 13.2 Å². The van der Waals surface area contributed by atoms with E-state index < -0.39 is 15.9 Å². The fraction of sp³-hybridized carbons (Fsp3) is 0.316. The molecule has 1 N–H and O–H groups in total. The molecule has 0 heterocycles. The van der Waals surface area contributed by atoms with Crippen molar-refractivity contribution in [3.63, 3.8) is 0 Å². The molecule has 0 aromatic heterocycles. The largest absolute Gasteiger partial charge is 0.481 e. The van der Waals surface area contributed by atoms with Gasteiger partial charge in [0, 0.05) is 11.3 Å². The Morgan fingerprint density at radius 1 is 1.12 bits per heavy atom. The number of halogens is 1. The lowest BCUT2D eigenvalue weighted by atomic mass is 10.1. The highest BCUT2D eigenvalue weighted by Gasteiger charge is 2.21. The molecule has 2 aromatic rings. The number of hydrogen-bond acceptors (Lipinski definition) is 4. The Balaban J connectivity index is 2.03. The lowest BCUT2D eigenvalue weighted by Crippen LogP contribution is -2.39. The van der Waals surface area contributed by atoms with Crippen LogP contribution >= 0.6 is 11.6 Å². The highest BCUT2D eigenvalue weighted by molar-refractivity contribution is 7.90. The van der Waals surface area contributed by atoms with Gasteiger partial charge in [-0.1, -0.05) is 30.7 Å². The van der Waals surface area contributed by atoms with Crippen LogP contribution < -0.4 is 10.1 Å². The third-order valence-corrected chi connectivity index (χ3v) is 5.30. The monoisotopic (exact) mass is 395 g/mol. The van der Waals surface area contributed by atoms with Crippen LogP contribution in [0.25, 0.3) is 0 Å². The normalized spacial score (nSPS) is 13.7. The molecule has 0 bridgehead atoms. The predicted molar refractivity (Wildman–Crippen MR) is 102 cm³/mol. The van der Waals surface area contributed by atoms with E-state index in [-0.39, 0.29) is 16.8 Å². The molecule has 0 aliphatic rings. The summed E-state index contributed by atoms with van der Waals surface area (Å²) in [5.41, 5.74) is 0.812. The number of hydrogen-bond donors (Lipinski definition) is 1. The molecule has 26 heavy (non-hydrogen) atoms. The van der Waals surface area contributed by atoms with Crippen LogP contribution in [0, 0.1) is 0 Å². The number of nitrogens with one attached hydrogen (secondary N) is 1. The van der Waals surface area contributed by atoms with Gasteiger partial charge in [-0.3, -0.25) is 4.79 Å². The van der Waals surface area contributed by atoms with Crippen molar-refractivity contribution in [3.05, 3.63) is 59.1 Å². The van der Waals surface area contributed by atoms with Crippen molar-refractivity contribution < 1.29 is 17.9 Å². The van der Waals surface area contributed by atoms with Crippen molar-refractivity contribution in [2.75, 3.05) is 6.26 Å². The van der Waals surface area contributed by atoms with Gasteiger partial charge in [0.2, 0.25) is 0 Å². The van der Waals surface area contributed by atoms with Crippen molar-refractivity contribution >= 4 is 27.3 Å². The van der Waals surface area contributed by atoms with Crippen LogP contribution in [0.3, 0.4) is 0 Å². The summed E-state index contributed by atoms with van der Waals surface area (Å²) in [6.07, 6.45) is 1.04. The first kappa shape index (κ1) is 20.3. The van der Waals surface area contributed by atoms with Gasteiger partial charge in [0.25, 0.3) is 5.91 Å². The van der Waals surface area contributed by atoms with Gasteiger partial charge >= 0.3 is 0 Å². The molecule has 0 spiro atoms. The lowest BCUT2D eigenvalue weighted by molar-refractivity contribution is -0.128. The average Bonchev–Trinajstić information content (AvgIpc) is 2.60. The van der Waals surface area contributed by atoms with Crippen LogP contribution in [-0.4, -0.2) is 26.7 Å². The number of sulfone groups is 1. The SMILES string of the molecule is CC[C@@H](Oc1ccc(Cl)cc1)C(=O)N[C@H](C)c1ccc(S(C)(=O)=O)cc1. The van der Waals surface area contributed by atoms with E-state index >= 15 is 0 Å². The van der Waals surface area contributed by atoms with Gasteiger partial charge in [0.05, 0.1) is 10.9 Å². The highest BCUT2D eigenvalue weighted by atomic mass is 35.5. The van der Waals surface area contributed by atoms with Crippen molar-refractivity contribution in [1.82, 2.24) is 5.32 Å². The minimum absolute atomic E-state index is 0.234. The minimum atomic E-state index is -3.24. The molecule has 0 fully saturated rings. The molecule has 2 atom stereocenters. The molecule has 0 radical (unpaired) electrons. The van der Waals surface area contributed by atoms with E-state index in [1.165, 1.54) is 12.1 Å². The Labute approximate surface area is 159 Å². The Morgan fingerprint density at radius 2 is 1.69 bits per heavy atom. The molecule has 1 amide bonds. The first-order valence-electron chi connectivity index (χ1n) is 8.23. The number of rotatable bonds is 7. The van der Waals surface area contributed by atoms with Crippen LogP contribution in [-0.2, 0) is 14.6 Å². The van der Waals surface area contributed by atoms with E-state index in [2.05, 4.69) is 5.32 Å². The molecule has 0 aliphatic heterocycles. The number of amides is 1. The molecule has 2 rings (SSSR count). The minimum Gasteiger partial charge on any atom is -0.481 e. The fourth-order valence-corrected chi connectivity index (χ4v) is 3.15. The van der Waals surface area contributed by atoms with Gasteiger partial charge in [-0.2, -0.15) is 0 Å². The van der Waals surface area contributed by atoms with Crippen molar-refractivity contribution in [2.45, 2.75) is 37.3 Å². The Hall–Kier alpha value is -2.05. The molecule has 0 saturated carbocycles. The highest BCUT2D eigenvalue weighted by Crippen LogP contribution is 2.19. The molecule has 0 aliphatic carbocycles. The molecule has 0 saturated heterocycles. The maximum Gasteiger partial charge on any atom is 0.261 e. The summed E-state index contributed by atoms with van der Waals surface area (Å²) in [5.74, 6) is 0.337. The summed E-state index contributed by atoms with van der Waals surface area (Å²) in [6.45, 7) is 3.70. The van der Waals surface area contributed by atoms with Crippen LogP contribution in [0.5, 0.6) is 5.75 Å². The fourth-order valence-electron chi connectivity index (χ4n) is 2.39. The summed E-state index contributed by atoms with van der Waals surface area (Å²) < 4.78 is 28.8. The van der Waals surface area contributed by atoms with E-state index in [1.54, 1.807) is 36.4 Å². The summed E-state index contributed by atoms with van der Waals surface area (Å²) in [6, 6.07) is 13.0. The zero-order valence-electron chi connectivity index (χ0n) is 14.9. The topological polar surface area (TPSA) is 72.5 Å². The van der Waals surface area contributed by atoms with Crippen LogP contribution in [0.2, 0.25) is 5.02 Å². The standard InChI is InChI=1S/C19H22ClNO4S/c1-4-18(25-16-9-7-15(20)8-10-16)19(22)21-13(2)14-5-11-17(12-6-14)26(3,23)24/h5-13,18H,4H2,1-3H3,(H,21,22)/t13-,18-/m1/s1. The van der Waals surface area contributed by atoms with Gasteiger partial charge in [0.15, 0.2) is 15.9 Å². The average molecular weight is 396 g/mol. The molecule has 140 valence electrons. The number of carbonyl (C=O) groups excluding carboxylic acids is 1. The summed E-state index contributed by atoms with van der Waals surface area (Å²) in [4.78, 5) is 12.7. The first-order chi connectivity index (χ1) is 12.2. The molecule has 0 unspecified atom stereocenters. The quantitative estimate of drug-likeness (QED) is 0.774. The van der Waals surface area contributed by atoms with Crippen LogP contribution in [0.4, 0.5) is 0 Å². The molecule has 7 heteroatoms. The maximum absolute atomic E-state index is 12.5. The second kappa shape index (κ2) is 8.56. The number of carbonyl (C=O) groups is 1. The smallest absolute Gasteiger partial charge is 0.261 e. The van der Waals surface area contributed by atoms with Gasteiger partial charge in [0.1, 0.15) is 5.75 Å². The molecular formula is C19H22ClNO4S. The van der Waals surface area contributed by atoms with Crippen molar-refractivity contribution in [3.8, 4) is 5.75 Å². The third kappa shape index (κ3) is 5.47. The van der Waals surface area contributed by atoms with E-state index in [0.717, 1.165) is 11.8 Å². The summed E-state index contributed by atoms with van der Waals surface area (Å²) in [7, 11) is -3.24. The van der Waals surface area contributed by atoms with Gasteiger partial charge < -0.3 is 10.1 Å². The summed E-state index contributed by atoms with van der Waals surface area (Å²) >= 11 is 5.85.